The van der Waals surface area contributed by atoms with Crippen LogP contribution in [0.1, 0.15) is 30.1 Å². The highest BCUT2D eigenvalue weighted by molar-refractivity contribution is 9.10. The number of nitrogens with zero attached hydrogens (tertiary/aromatic N) is 1. The number of halogens is 1. The van der Waals surface area contributed by atoms with Gasteiger partial charge in [-0.1, -0.05) is 6.92 Å². The van der Waals surface area contributed by atoms with Crippen LogP contribution < -0.4 is 5.32 Å². The van der Waals surface area contributed by atoms with Gasteiger partial charge in [0.1, 0.15) is 5.82 Å². The first-order valence-corrected chi connectivity index (χ1v) is 7.43. The van der Waals surface area contributed by atoms with Crippen molar-refractivity contribution in [1.29, 1.82) is 0 Å². The van der Waals surface area contributed by atoms with Crippen LogP contribution in [0.15, 0.2) is 28.3 Å². The first-order valence-electron chi connectivity index (χ1n) is 5.75. The van der Waals surface area contributed by atoms with E-state index in [0.29, 0.717) is 6.04 Å². The topological polar surface area (TPSA) is 40.7 Å². The van der Waals surface area contributed by atoms with E-state index in [1.807, 2.05) is 6.20 Å². The van der Waals surface area contributed by atoms with Gasteiger partial charge < -0.3 is 10.3 Å². The van der Waals surface area contributed by atoms with Gasteiger partial charge in [0.25, 0.3) is 0 Å². The molecule has 1 unspecified atom stereocenters. The van der Waals surface area contributed by atoms with Gasteiger partial charge in [0.15, 0.2) is 0 Å². The average molecular weight is 314 g/mol. The Morgan fingerprint density at radius 2 is 2.47 bits per heavy atom. The molecule has 2 heterocycles. The van der Waals surface area contributed by atoms with E-state index in [4.69, 9.17) is 0 Å². The summed E-state index contributed by atoms with van der Waals surface area (Å²) in [4.78, 5) is 8.80. The van der Waals surface area contributed by atoms with Gasteiger partial charge in [0.2, 0.25) is 0 Å². The average Bonchev–Trinajstić information content (AvgIpc) is 2.95. The zero-order chi connectivity index (χ0) is 12.1. The number of hydrogen-bond donors (Lipinski definition) is 2. The lowest BCUT2D eigenvalue weighted by atomic mass is 10.1. The molecule has 0 saturated heterocycles. The third-order valence-electron chi connectivity index (χ3n) is 2.55. The van der Waals surface area contributed by atoms with Gasteiger partial charge in [-0.3, -0.25) is 0 Å². The fourth-order valence-corrected chi connectivity index (χ4v) is 3.46. The van der Waals surface area contributed by atoms with Crippen LogP contribution in [0.4, 0.5) is 0 Å². The molecule has 2 rings (SSSR count). The molecule has 17 heavy (non-hydrogen) atoms. The molecule has 0 aromatic carbocycles. The summed E-state index contributed by atoms with van der Waals surface area (Å²) in [7, 11) is 0. The first kappa shape index (κ1) is 12.8. The Labute approximate surface area is 114 Å². The van der Waals surface area contributed by atoms with E-state index in [1.165, 1.54) is 9.35 Å². The van der Waals surface area contributed by atoms with Crippen LogP contribution in [0.2, 0.25) is 0 Å². The van der Waals surface area contributed by atoms with E-state index in [1.54, 1.807) is 17.5 Å². The van der Waals surface area contributed by atoms with Crippen LogP contribution in [0.5, 0.6) is 0 Å². The van der Waals surface area contributed by atoms with E-state index in [9.17, 15) is 0 Å². The van der Waals surface area contributed by atoms with E-state index in [-0.39, 0.29) is 0 Å². The second-order valence-electron chi connectivity index (χ2n) is 3.88. The molecular formula is C12H16BrN3S. The standard InChI is InChI=1S/C12H16BrN3S/c1-2-4-14-10(8-11-15-5-6-16-11)12-9(13)3-7-17-12/h3,5-7,10,14H,2,4,8H2,1H3,(H,15,16). The molecule has 0 radical (unpaired) electrons. The Hall–Kier alpha value is -0.650. The Morgan fingerprint density at radius 3 is 3.06 bits per heavy atom. The molecular weight excluding hydrogens is 298 g/mol. The smallest absolute Gasteiger partial charge is 0.107 e. The van der Waals surface area contributed by atoms with Crippen molar-refractivity contribution < 1.29 is 0 Å². The lowest BCUT2D eigenvalue weighted by Crippen LogP contribution is -2.24. The second kappa shape index (κ2) is 6.33. The number of nitrogens with one attached hydrogen (secondary N) is 2. The predicted octanol–water partition coefficient (Wildman–Crippen LogP) is 3.52. The molecule has 2 aromatic rings. The molecule has 2 N–H and O–H groups in total. The Kier molecular flexibility index (Phi) is 4.76. The third kappa shape index (κ3) is 3.40. The molecule has 0 saturated carbocycles. The maximum atomic E-state index is 4.30. The van der Waals surface area contributed by atoms with Crippen molar-refractivity contribution in [1.82, 2.24) is 15.3 Å². The summed E-state index contributed by atoms with van der Waals surface area (Å²) in [6.07, 6.45) is 5.70. The predicted molar refractivity (Wildman–Crippen MR) is 75.3 cm³/mol. The zero-order valence-electron chi connectivity index (χ0n) is 9.74. The number of aromatic nitrogens is 2. The maximum absolute atomic E-state index is 4.30. The van der Waals surface area contributed by atoms with Crippen molar-refractivity contribution in [2.45, 2.75) is 25.8 Å². The van der Waals surface area contributed by atoms with Gasteiger partial charge in [-0.25, -0.2) is 4.98 Å². The van der Waals surface area contributed by atoms with Gasteiger partial charge in [0.05, 0.1) is 0 Å². The molecule has 1 atom stereocenters. The molecule has 0 fully saturated rings. The third-order valence-corrected chi connectivity index (χ3v) is 4.54. The number of H-pyrrole nitrogens is 1. The molecule has 3 nitrogen and oxygen atoms in total. The van der Waals surface area contributed by atoms with Crippen molar-refractivity contribution in [3.63, 3.8) is 0 Å². The number of aromatic amines is 1. The Morgan fingerprint density at radius 1 is 1.59 bits per heavy atom. The van der Waals surface area contributed by atoms with Crippen LogP contribution in [0.3, 0.4) is 0 Å². The molecule has 2 aromatic heterocycles. The minimum Gasteiger partial charge on any atom is -0.349 e. The number of rotatable bonds is 6. The lowest BCUT2D eigenvalue weighted by molar-refractivity contribution is 0.526. The highest BCUT2D eigenvalue weighted by Crippen LogP contribution is 2.30. The summed E-state index contributed by atoms with van der Waals surface area (Å²) in [6, 6.07) is 2.43. The van der Waals surface area contributed by atoms with Crippen molar-refractivity contribution >= 4 is 27.3 Å². The summed E-state index contributed by atoms with van der Waals surface area (Å²) in [6.45, 7) is 3.20. The summed E-state index contributed by atoms with van der Waals surface area (Å²) in [5, 5.41) is 5.68. The zero-order valence-corrected chi connectivity index (χ0v) is 12.1. The molecule has 0 bridgehead atoms. The van der Waals surface area contributed by atoms with Crippen molar-refractivity contribution in [3.05, 3.63) is 39.0 Å². The van der Waals surface area contributed by atoms with E-state index in [2.05, 4.69) is 49.6 Å². The Bertz CT molecular complexity index is 438. The minimum atomic E-state index is 0.329. The molecule has 0 amide bonds. The lowest BCUT2D eigenvalue weighted by Gasteiger charge is -2.16. The van der Waals surface area contributed by atoms with Crippen molar-refractivity contribution in [2.75, 3.05) is 6.54 Å². The van der Waals surface area contributed by atoms with Crippen molar-refractivity contribution in [2.24, 2.45) is 0 Å². The fourth-order valence-electron chi connectivity index (χ4n) is 1.73. The SMILES string of the molecule is CCCNC(Cc1ncc[nH]1)c1sccc1Br. The normalized spacial score (nSPS) is 12.8. The van der Waals surface area contributed by atoms with Crippen LogP contribution >= 0.6 is 27.3 Å². The molecule has 0 aliphatic carbocycles. The maximum Gasteiger partial charge on any atom is 0.107 e. The van der Waals surface area contributed by atoms with Gasteiger partial charge in [-0.2, -0.15) is 0 Å². The molecule has 5 heteroatoms. The second-order valence-corrected chi connectivity index (χ2v) is 5.68. The van der Waals surface area contributed by atoms with Crippen LogP contribution in [-0.2, 0) is 6.42 Å². The minimum absolute atomic E-state index is 0.329. The first-order chi connectivity index (χ1) is 8.31. The van der Waals surface area contributed by atoms with Crippen LogP contribution in [-0.4, -0.2) is 16.5 Å². The largest absolute Gasteiger partial charge is 0.349 e. The fraction of sp³-hybridized carbons (Fsp3) is 0.417. The summed E-state index contributed by atoms with van der Waals surface area (Å²) in [5.41, 5.74) is 0. The number of imidazole rings is 1. The van der Waals surface area contributed by atoms with E-state index >= 15 is 0 Å². The van der Waals surface area contributed by atoms with Crippen LogP contribution in [0, 0.1) is 0 Å². The van der Waals surface area contributed by atoms with Gasteiger partial charge >= 0.3 is 0 Å². The van der Waals surface area contributed by atoms with Gasteiger partial charge in [0, 0.05) is 34.2 Å². The number of hydrogen-bond acceptors (Lipinski definition) is 3. The van der Waals surface area contributed by atoms with E-state index in [0.717, 1.165) is 25.2 Å². The van der Waals surface area contributed by atoms with Crippen LogP contribution in [0.25, 0.3) is 0 Å². The molecule has 92 valence electrons. The summed E-state index contributed by atoms with van der Waals surface area (Å²) < 4.78 is 1.18. The van der Waals surface area contributed by atoms with E-state index < -0.39 is 0 Å². The monoisotopic (exact) mass is 313 g/mol. The van der Waals surface area contributed by atoms with Gasteiger partial charge in [-0.05, 0) is 40.3 Å². The van der Waals surface area contributed by atoms with Crippen molar-refractivity contribution in [3.8, 4) is 0 Å². The van der Waals surface area contributed by atoms with Gasteiger partial charge in [-0.15, -0.1) is 11.3 Å². The highest BCUT2D eigenvalue weighted by Gasteiger charge is 2.16. The Balaban J connectivity index is 2.11. The number of thiophene rings is 1. The highest BCUT2D eigenvalue weighted by atomic mass is 79.9. The summed E-state index contributed by atoms with van der Waals surface area (Å²) >= 11 is 5.38. The molecule has 0 aliphatic rings. The molecule has 0 aliphatic heterocycles. The quantitative estimate of drug-likeness (QED) is 0.856. The summed E-state index contributed by atoms with van der Waals surface area (Å²) in [5.74, 6) is 1.03. The molecule has 0 spiro atoms.